The number of hydrogen-bond donors (Lipinski definition) is 1. The highest BCUT2D eigenvalue weighted by Gasteiger charge is 2.24. The van der Waals surface area contributed by atoms with Gasteiger partial charge in [0.05, 0.1) is 22.5 Å². The Morgan fingerprint density at radius 1 is 0.925 bits per heavy atom. The summed E-state index contributed by atoms with van der Waals surface area (Å²) in [7, 11) is -3.64. The number of carboxylic acids is 1. The molecule has 210 valence electrons. The molecule has 0 bridgehead atoms. The van der Waals surface area contributed by atoms with Crippen LogP contribution >= 0.6 is 11.8 Å². The highest BCUT2D eigenvalue weighted by atomic mass is 32.2. The number of piperidine rings is 1. The Hall–Kier alpha value is -3.50. The van der Waals surface area contributed by atoms with Gasteiger partial charge in [-0.05, 0) is 67.6 Å². The maximum atomic E-state index is 13.7. The fourth-order valence-corrected chi connectivity index (χ4v) is 7.65. The largest absolute Gasteiger partial charge is 0.480 e. The SMILES string of the molecule is O=C(O)Cn1c(SCCCN(c2ccc(N3CCCCC3)cc2)S(=O)(=O)Cc2ccccc2)nc2ccccc21. The second-order valence-corrected chi connectivity index (χ2v) is 12.9. The van der Waals surface area contributed by atoms with E-state index in [-0.39, 0.29) is 12.3 Å². The number of aromatic nitrogens is 2. The lowest BCUT2D eigenvalue weighted by Gasteiger charge is -2.30. The Labute approximate surface area is 239 Å². The van der Waals surface area contributed by atoms with Crippen LogP contribution in [-0.2, 0) is 27.1 Å². The van der Waals surface area contributed by atoms with Crippen molar-refractivity contribution in [3.05, 3.63) is 84.4 Å². The van der Waals surface area contributed by atoms with Gasteiger partial charge in [0.25, 0.3) is 0 Å². The van der Waals surface area contributed by atoms with E-state index in [1.165, 1.54) is 35.3 Å². The van der Waals surface area contributed by atoms with E-state index in [0.29, 0.717) is 29.6 Å². The molecule has 4 aromatic rings. The summed E-state index contributed by atoms with van der Waals surface area (Å²) in [6.07, 6.45) is 4.18. The van der Waals surface area contributed by atoms with Crippen LogP contribution in [-0.4, -0.2) is 54.4 Å². The van der Waals surface area contributed by atoms with Crippen molar-refractivity contribution in [3.8, 4) is 0 Å². The van der Waals surface area contributed by atoms with Gasteiger partial charge in [0.1, 0.15) is 6.54 Å². The molecule has 0 saturated carbocycles. The quantitative estimate of drug-likeness (QED) is 0.172. The molecule has 1 saturated heterocycles. The number of thioether (sulfide) groups is 1. The molecule has 1 aromatic heterocycles. The van der Waals surface area contributed by atoms with Crippen LogP contribution in [0, 0.1) is 0 Å². The van der Waals surface area contributed by atoms with E-state index in [9.17, 15) is 18.3 Å². The monoisotopic (exact) mass is 578 g/mol. The van der Waals surface area contributed by atoms with E-state index in [2.05, 4.69) is 9.88 Å². The van der Waals surface area contributed by atoms with Crippen molar-refractivity contribution >= 4 is 50.2 Å². The minimum atomic E-state index is -3.64. The van der Waals surface area contributed by atoms with Crippen LogP contribution in [0.25, 0.3) is 11.0 Å². The van der Waals surface area contributed by atoms with Crippen LogP contribution < -0.4 is 9.21 Å². The van der Waals surface area contributed by atoms with Crippen molar-refractivity contribution in [2.75, 3.05) is 34.6 Å². The fourth-order valence-electron chi connectivity index (χ4n) is 5.10. The van der Waals surface area contributed by atoms with E-state index >= 15 is 0 Å². The lowest BCUT2D eigenvalue weighted by Crippen LogP contribution is -2.33. The van der Waals surface area contributed by atoms with E-state index in [4.69, 9.17) is 0 Å². The number of imidazole rings is 1. The van der Waals surface area contributed by atoms with Gasteiger partial charge in [-0.15, -0.1) is 0 Å². The number of anilines is 2. The molecule has 2 heterocycles. The van der Waals surface area contributed by atoms with Crippen LogP contribution in [0.2, 0.25) is 0 Å². The molecule has 3 aromatic carbocycles. The number of aliphatic carboxylic acids is 1. The first-order valence-corrected chi connectivity index (χ1v) is 16.2. The van der Waals surface area contributed by atoms with Gasteiger partial charge in [-0.25, -0.2) is 13.4 Å². The summed E-state index contributed by atoms with van der Waals surface area (Å²) in [6, 6.07) is 24.6. The lowest BCUT2D eigenvalue weighted by molar-refractivity contribution is -0.137. The Morgan fingerprint density at radius 3 is 2.35 bits per heavy atom. The van der Waals surface area contributed by atoms with Gasteiger partial charge in [-0.1, -0.05) is 54.2 Å². The molecule has 1 aliphatic heterocycles. The molecular formula is C30H34N4O4S2. The maximum absolute atomic E-state index is 13.7. The molecule has 0 atom stereocenters. The van der Waals surface area contributed by atoms with Crippen LogP contribution in [0.5, 0.6) is 0 Å². The number of benzene rings is 3. The van der Waals surface area contributed by atoms with Crippen LogP contribution in [0.4, 0.5) is 11.4 Å². The third-order valence-electron chi connectivity index (χ3n) is 7.04. The number of fused-ring (bicyclic) bond motifs is 1. The zero-order chi connectivity index (χ0) is 28.0. The van der Waals surface area contributed by atoms with Crippen molar-refractivity contribution in [2.45, 2.75) is 43.1 Å². The second-order valence-electron chi connectivity index (χ2n) is 9.94. The maximum Gasteiger partial charge on any atom is 0.323 e. The number of para-hydroxylation sites is 2. The molecule has 0 amide bonds. The zero-order valence-corrected chi connectivity index (χ0v) is 24.0. The van der Waals surface area contributed by atoms with Crippen molar-refractivity contribution in [1.29, 1.82) is 0 Å². The summed E-state index contributed by atoms with van der Waals surface area (Å²) >= 11 is 1.45. The number of sulfonamides is 1. The number of carboxylic acid groups (broad SMARTS) is 1. The number of carbonyl (C=O) groups is 1. The first-order chi connectivity index (χ1) is 19.4. The third-order valence-corrected chi connectivity index (χ3v) is 9.86. The smallest absolute Gasteiger partial charge is 0.323 e. The predicted octanol–water partition coefficient (Wildman–Crippen LogP) is 5.63. The van der Waals surface area contributed by atoms with Crippen LogP contribution in [0.1, 0.15) is 31.2 Å². The molecule has 0 spiro atoms. The molecule has 5 rings (SSSR count). The molecule has 10 heteroatoms. The first-order valence-electron chi connectivity index (χ1n) is 13.6. The van der Waals surface area contributed by atoms with Gasteiger partial charge < -0.3 is 14.6 Å². The standard InChI is InChI=1S/C30H34N4O4S2/c35-29(36)22-33-28-13-6-5-12-27(28)31-30(33)39-21-9-20-34(40(37,38)23-24-10-3-1-4-11-24)26-16-14-25(15-17-26)32-18-7-2-8-19-32/h1,3-6,10-17H,2,7-9,18-23H2,(H,35,36). The van der Waals surface area contributed by atoms with Crippen molar-refractivity contribution in [2.24, 2.45) is 0 Å². The van der Waals surface area contributed by atoms with Gasteiger partial charge in [0.2, 0.25) is 10.0 Å². The summed E-state index contributed by atoms with van der Waals surface area (Å²) in [6.45, 7) is 2.19. The van der Waals surface area contributed by atoms with E-state index in [1.54, 1.807) is 4.57 Å². The predicted molar refractivity (Wildman–Crippen MR) is 162 cm³/mol. The highest BCUT2D eigenvalue weighted by Crippen LogP contribution is 2.28. The Kier molecular flexibility index (Phi) is 8.96. The Morgan fingerprint density at radius 2 is 1.62 bits per heavy atom. The van der Waals surface area contributed by atoms with Gasteiger partial charge >= 0.3 is 5.97 Å². The molecule has 40 heavy (non-hydrogen) atoms. The van der Waals surface area contributed by atoms with Gasteiger partial charge in [0, 0.05) is 31.1 Å². The zero-order valence-electron chi connectivity index (χ0n) is 22.4. The number of hydrogen-bond acceptors (Lipinski definition) is 6. The minimum absolute atomic E-state index is 0.0801. The lowest BCUT2D eigenvalue weighted by atomic mass is 10.1. The molecule has 1 aliphatic rings. The van der Waals surface area contributed by atoms with Crippen molar-refractivity contribution < 1.29 is 18.3 Å². The average Bonchev–Trinajstić information content (AvgIpc) is 3.30. The summed E-state index contributed by atoms with van der Waals surface area (Å²) in [5.41, 5.74) is 4.03. The summed E-state index contributed by atoms with van der Waals surface area (Å²) < 4.78 is 30.6. The summed E-state index contributed by atoms with van der Waals surface area (Å²) in [5, 5.41) is 10.0. The topological polar surface area (TPSA) is 95.7 Å². The number of rotatable bonds is 12. The van der Waals surface area contributed by atoms with Gasteiger partial charge in [-0.3, -0.25) is 9.10 Å². The average molecular weight is 579 g/mol. The van der Waals surface area contributed by atoms with Gasteiger partial charge in [0.15, 0.2) is 5.16 Å². The molecule has 0 unspecified atom stereocenters. The molecule has 0 radical (unpaired) electrons. The first kappa shape index (κ1) is 28.0. The second kappa shape index (κ2) is 12.8. The fraction of sp³-hybridized carbons (Fsp3) is 0.333. The number of nitrogens with zero attached hydrogens (tertiary/aromatic N) is 4. The molecule has 0 aliphatic carbocycles. The normalized spacial score (nSPS) is 13.9. The van der Waals surface area contributed by atoms with Crippen molar-refractivity contribution in [1.82, 2.24) is 9.55 Å². The summed E-state index contributed by atoms with van der Waals surface area (Å²) in [4.78, 5) is 18.5. The van der Waals surface area contributed by atoms with E-state index < -0.39 is 16.0 Å². The molecule has 1 N–H and O–H groups in total. The van der Waals surface area contributed by atoms with Crippen LogP contribution in [0.3, 0.4) is 0 Å². The van der Waals surface area contributed by atoms with Gasteiger partial charge in [-0.2, -0.15) is 0 Å². The molecular weight excluding hydrogens is 544 g/mol. The van der Waals surface area contributed by atoms with E-state index in [1.807, 2.05) is 78.9 Å². The third kappa shape index (κ3) is 6.79. The Balaban J connectivity index is 1.32. The Bertz CT molecular complexity index is 1530. The molecule has 1 fully saturated rings. The van der Waals surface area contributed by atoms with Crippen molar-refractivity contribution in [3.63, 3.8) is 0 Å². The minimum Gasteiger partial charge on any atom is -0.480 e. The highest BCUT2D eigenvalue weighted by molar-refractivity contribution is 7.99. The summed E-state index contributed by atoms with van der Waals surface area (Å²) in [5.74, 6) is -0.425. The van der Waals surface area contributed by atoms with E-state index in [0.717, 1.165) is 35.4 Å². The van der Waals surface area contributed by atoms with Crippen LogP contribution in [0.15, 0.2) is 84.0 Å². The molecule has 8 nitrogen and oxygen atoms in total.